The van der Waals surface area contributed by atoms with Crippen LogP contribution >= 0.6 is 0 Å². The van der Waals surface area contributed by atoms with Crippen molar-refractivity contribution in [3.05, 3.63) is 18.0 Å². The Morgan fingerprint density at radius 3 is 2.94 bits per heavy atom. The van der Waals surface area contributed by atoms with Gasteiger partial charge in [0.15, 0.2) is 0 Å². The van der Waals surface area contributed by atoms with Crippen LogP contribution in [0.4, 0.5) is 0 Å². The quantitative estimate of drug-likeness (QED) is 0.689. The van der Waals surface area contributed by atoms with E-state index in [2.05, 4.69) is 28.8 Å². The highest BCUT2D eigenvalue weighted by molar-refractivity contribution is 4.94. The molecule has 0 saturated carbocycles. The first kappa shape index (κ1) is 13.2. The Morgan fingerprint density at radius 2 is 2.31 bits per heavy atom. The smallest absolute Gasteiger partial charge is 0.124 e. The molecule has 0 saturated heterocycles. The third kappa shape index (κ3) is 5.85. The number of nitrogens with one attached hydrogen (secondary N) is 1. The van der Waals surface area contributed by atoms with Gasteiger partial charge in [-0.2, -0.15) is 0 Å². The van der Waals surface area contributed by atoms with Gasteiger partial charge in [0.1, 0.15) is 6.26 Å². The average molecular weight is 228 g/mol. The van der Waals surface area contributed by atoms with Gasteiger partial charge in [0.25, 0.3) is 0 Å². The summed E-state index contributed by atoms with van der Waals surface area (Å²) in [7, 11) is 0. The van der Waals surface area contributed by atoms with Crippen molar-refractivity contribution in [2.45, 2.75) is 26.5 Å². The molecular weight excluding hydrogens is 208 g/mol. The number of rotatable bonds is 8. The van der Waals surface area contributed by atoms with Gasteiger partial charge in [-0.15, -0.1) is 0 Å². The molecule has 0 bridgehead atoms. The highest BCUT2D eigenvalue weighted by atomic mass is 16.5. The van der Waals surface area contributed by atoms with E-state index >= 15 is 0 Å². The SMILES string of the molecule is CC(C)COCC(O)CNCc1ccon1. The molecule has 0 aliphatic rings. The largest absolute Gasteiger partial charge is 0.389 e. The highest BCUT2D eigenvalue weighted by Gasteiger charge is 2.05. The lowest BCUT2D eigenvalue weighted by atomic mass is 10.2. The van der Waals surface area contributed by atoms with Gasteiger partial charge < -0.3 is 19.7 Å². The molecule has 1 rings (SSSR count). The van der Waals surface area contributed by atoms with Gasteiger partial charge in [0.2, 0.25) is 0 Å². The van der Waals surface area contributed by atoms with Gasteiger partial charge >= 0.3 is 0 Å². The third-order valence-electron chi connectivity index (χ3n) is 1.94. The maximum atomic E-state index is 9.56. The Morgan fingerprint density at radius 1 is 1.50 bits per heavy atom. The minimum atomic E-state index is -0.481. The summed E-state index contributed by atoms with van der Waals surface area (Å²) in [4.78, 5) is 0. The summed E-state index contributed by atoms with van der Waals surface area (Å²) < 4.78 is 10.0. The molecule has 5 heteroatoms. The fraction of sp³-hybridized carbons (Fsp3) is 0.727. The monoisotopic (exact) mass is 228 g/mol. The zero-order valence-corrected chi connectivity index (χ0v) is 9.85. The van der Waals surface area contributed by atoms with Gasteiger partial charge in [0, 0.05) is 25.8 Å². The lowest BCUT2D eigenvalue weighted by molar-refractivity contribution is 0.0260. The fourth-order valence-electron chi connectivity index (χ4n) is 1.19. The van der Waals surface area contributed by atoms with Crippen molar-refractivity contribution in [1.29, 1.82) is 0 Å². The van der Waals surface area contributed by atoms with E-state index in [-0.39, 0.29) is 0 Å². The van der Waals surface area contributed by atoms with Crippen molar-refractivity contribution >= 4 is 0 Å². The van der Waals surface area contributed by atoms with Crippen LogP contribution in [0.25, 0.3) is 0 Å². The number of nitrogens with zero attached hydrogens (tertiary/aromatic N) is 1. The first-order valence-corrected chi connectivity index (χ1v) is 5.54. The number of ether oxygens (including phenoxy) is 1. The summed E-state index contributed by atoms with van der Waals surface area (Å²) in [5, 5.41) is 16.4. The molecule has 0 aliphatic heterocycles. The van der Waals surface area contributed by atoms with E-state index in [1.807, 2.05) is 0 Å². The van der Waals surface area contributed by atoms with Crippen molar-refractivity contribution < 1.29 is 14.4 Å². The van der Waals surface area contributed by atoms with Crippen molar-refractivity contribution in [3.63, 3.8) is 0 Å². The second-order valence-corrected chi connectivity index (χ2v) is 4.21. The summed E-state index contributed by atoms with van der Waals surface area (Å²) in [5.41, 5.74) is 0.829. The first-order valence-electron chi connectivity index (χ1n) is 5.54. The molecule has 2 N–H and O–H groups in total. The van der Waals surface area contributed by atoms with E-state index in [0.29, 0.717) is 32.2 Å². The van der Waals surface area contributed by atoms with Gasteiger partial charge in [0.05, 0.1) is 18.4 Å². The van der Waals surface area contributed by atoms with Gasteiger partial charge in [-0.3, -0.25) is 0 Å². The predicted octanol–water partition coefficient (Wildman–Crippen LogP) is 0.798. The molecule has 0 radical (unpaired) electrons. The van der Waals surface area contributed by atoms with Crippen LogP contribution in [-0.2, 0) is 11.3 Å². The molecule has 92 valence electrons. The second kappa shape index (κ2) is 7.38. The summed E-state index contributed by atoms with van der Waals surface area (Å²) in [6.45, 7) is 6.29. The predicted molar refractivity (Wildman–Crippen MR) is 59.9 cm³/mol. The number of aliphatic hydroxyl groups excluding tert-OH is 1. The van der Waals surface area contributed by atoms with Crippen molar-refractivity contribution in [2.75, 3.05) is 19.8 Å². The molecule has 1 unspecified atom stereocenters. The molecule has 1 atom stereocenters. The molecule has 0 aliphatic carbocycles. The highest BCUT2D eigenvalue weighted by Crippen LogP contribution is 1.95. The van der Waals surface area contributed by atoms with Crippen LogP contribution in [0.15, 0.2) is 16.9 Å². The Bertz CT molecular complexity index is 262. The minimum absolute atomic E-state index is 0.365. The summed E-state index contributed by atoms with van der Waals surface area (Å²) in [6, 6.07) is 1.79. The van der Waals surface area contributed by atoms with Gasteiger partial charge in [-0.05, 0) is 5.92 Å². The summed E-state index contributed by atoms with van der Waals surface area (Å²) in [6.07, 6.45) is 1.05. The number of hydrogen-bond acceptors (Lipinski definition) is 5. The average Bonchev–Trinajstić information content (AvgIpc) is 2.70. The third-order valence-corrected chi connectivity index (χ3v) is 1.94. The maximum absolute atomic E-state index is 9.56. The van der Waals surface area contributed by atoms with Crippen LogP contribution in [0.3, 0.4) is 0 Å². The fourth-order valence-corrected chi connectivity index (χ4v) is 1.19. The van der Waals surface area contributed by atoms with E-state index in [1.165, 1.54) is 6.26 Å². The number of aromatic nitrogens is 1. The molecule has 1 heterocycles. The van der Waals surface area contributed by atoms with Crippen LogP contribution in [0.5, 0.6) is 0 Å². The molecule has 0 amide bonds. The molecule has 0 spiro atoms. The molecule has 0 aromatic carbocycles. The zero-order valence-electron chi connectivity index (χ0n) is 9.85. The second-order valence-electron chi connectivity index (χ2n) is 4.21. The molecular formula is C11H20N2O3. The van der Waals surface area contributed by atoms with E-state index in [0.717, 1.165) is 5.69 Å². The molecule has 0 fully saturated rings. The van der Waals surface area contributed by atoms with E-state index < -0.39 is 6.10 Å². The van der Waals surface area contributed by atoms with Gasteiger partial charge in [-0.25, -0.2) is 0 Å². The Kier molecular flexibility index (Phi) is 6.07. The number of aliphatic hydroxyl groups is 1. The standard InChI is InChI=1S/C11H20N2O3/c1-9(2)7-15-8-11(14)6-12-5-10-3-4-16-13-10/h3-4,9,11-12,14H,5-8H2,1-2H3. The summed E-state index contributed by atoms with van der Waals surface area (Å²) >= 11 is 0. The lowest BCUT2D eigenvalue weighted by Gasteiger charge is -2.12. The summed E-state index contributed by atoms with van der Waals surface area (Å²) in [5.74, 6) is 0.496. The first-order chi connectivity index (χ1) is 7.68. The van der Waals surface area contributed by atoms with Crippen LogP contribution in [0.1, 0.15) is 19.5 Å². The Hall–Kier alpha value is -0.910. The van der Waals surface area contributed by atoms with E-state index in [4.69, 9.17) is 4.74 Å². The number of hydrogen-bond donors (Lipinski definition) is 2. The van der Waals surface area contributed by atoms with E-state index in [1.54, 1.807) is 6.07 Å². The minimum Gasteiger partial charge on any atom is -0.389 e. The topological polar surface area (TPSA) is 67.5 Å². The van der Waals surface area contributed by atoms with Crippen LogP contribution in [0.2, 0.25) is 0 Å². The Labute approximate surface area is 95.8 Å². The normalized spacial score (nSPS) is 13.2. The lowest BCUT2D eigenvalue weighted by Crippen LogP contribution is -2.30. The molecule has 5 nitrogen and oxygen atoms in total. The van der Waals surface area contributed by atoms with Crippen molar-refractivity contribution in [1.82, 2.24) is 10.5 Å². The molecule has 1 aromatic heterocycles. The van der Waals surface area contributed by atoms with Crippen molar-refractivity contribution in [2.24, 2.45) is 5.92 Å². The zero-order chi connectivity index (χ0) is 11.8. The maximum Gasteiger partial charge on any atom is 0.124 e. The van der Waals surface area contributed by atoms with Crippen LogP contribution in [-0.4, -0.2) is 36.1 Å². The van der Waals surface area contributed by atoms with Crippen LogP contribution < -0.4 is 5.32 Å². The molecule has 16 heavy (non-hydrogen) atoms. The van der Waals surface area contributed by atoms with Crippen molar-refractivity contribution in [3.8, 4) is 0 Å². The van der Waals surface area contributed by atoms with Gasteiger partial charge in [-0.1, -0.05) is 19.0 Å². The van der Waals surface area contributed by atoms with Crippen LogP contribution in [0, 0.1) is 5.92 Å². The van der Waals surface area contributed by atoms with E-state index in [9.17, 15) is 5.11 Å². The molecule has 1 aromatic rings. The Balaban J connectivity index is 2.00.